The zero-order valence-corrected chi connectivity index (χ0v) is 27.3. The van der Waals surface area contributed by atoms with Crippen molar-refractivity contribution in [2.45, 2.75) is 79.6 Å². The lowest BCUT2D eigenvalue weighted by molar-refractivity contribution is -0.151. The minimum absolute atomic E-state index is 0.0842. The second-order valence-electron chi connectivity index (χ2n) is 12.0. The number of esters is 1. The van der Waals surface area contributed by atoms with Crippen molar-refractivity contribution < 1.29 is 24.2 Å². The van der Waals surface area contributed by atoms with Gasteiger partial charge >= 0.3 is 5.97 Å². The van der Waals surface area contributed by atoms with E-state index in [1.807, 2.05) is 74.6 Å². The molecule has 1 aromatic heterocycles. The molecule has 1 aliphatic rings. The van der Waals surface area contributed by atoms with Gasteiger partial charge in [0.25, 0.3) is 0 Å². The van der Waals surface area contributed by atoms with E-state index >= 15 is 0 Å². The molecule has 0 unspecified atom stereocenters. The van der Waals surface area contributed by atoms with Crippen LogP contribution < -0.4 is 5.32 Å². The average molecular weight is 678 g/mol. The molecule has 0 aliphatic carbocycles. The highest BCUT2D eigenvalue weighted by molar-refractivity contribution is 14.1. The van der Waals surface area contributed by atoms with Gasteiger partial charge in [-0.15, -0.1) is 0 Å². The van der Waals surface area contributed by atoms with Crippen LogP contribution >= 0.6 is 22.6 Å². The Balaban J connectivity index is 1.93. The van der Waals surface area contributed by atoms with Crippen molar-refractivity contribution in [2.75, 3.05) is 19.8 Å². The van der Waals surface area contributed by atoms with Gasteiger partial charge < -0.3 is 19.1 Å². The Morgan fingerprint density at radius 3 is 2.59 bits per heavy atom. The van der Waals surface area contributed by atoms with Crippen LogP contribution in [-0.2, 0) is 32.2 Å². The fourth-order valence-corrected chi connectivity index (χ4v) is 5.15. The molecule has 2 heterocycles. The summed E-state index contributed by atoms with van der Waals surface area (Å²) < 4.78 is 13.8. The van der Waals surface area contributed by atoms with E-state index in [0.717, 1.165) is 60.6 Å². The Hall–Kier alpha value is -2.34. The van der Waals surface area contributed by atoms with E-state index in [9.17, 15) is 14.7 Å². The molecule has 1 saturated heterocycles. The Kier molecular flexibility index (Phi) is 11.9. The number of carbonyl (C=O) groups excluding carboxylic acids is 2. The molecular weight excluding hydrogens is 633 g/mol. The van der Waals surface area contributed by atoms with Gasteiger partial charge in [-0.3, -0.25) is 14.9 Å². The number of carbonyl (C=O) groups is 2. The van der Waals surface area contributed by atoms with Gasteiger partial charge in [0.15, 0.2) is 5.78 Å². The Morgan fingerprint density at radius 2 is 2.00 bits per heavy atom. The zero-order valence-electron chi connectivity index (χ0n) is 25.1. The normalized spacial score (nSPS) is 17.0. The van der Waals surface area contributed by atoms with Gasteiger partial charge in [0.1, 0.15) is 11.9 Å². The molecule has 2 N–H and O–H groups in total. The van der Waals surface area contributed by atoms with Crippen molar-refractivity contribution >= 4 is 50.9 Å². The fourth-order valence-electron chi connectivity index (χ4n) is 4.72. The van der Waals surface area contributed by atoms with E-state index < -0.39 is 18.1 Å². The maximum absolute atomic E-state index is 12.7. The summed E-state index contributed by atoms with van der Waals surface area (Å²) in [5, 5.41) is 13.4. The lowest BCUT2D eigenvalue weighted by Gasteiger charge is -2.24. The minimum Gasteiger partial charge on any atom is -0.464 e. The second-order valence-corrected chi connectivity index (χ2v) is 13.3. The van der Waals surface area contributed by atoms with E-state index in [-0.39, 0.29) is 17.8 Å². The molecule has 9 heteroatoms. The number of rotatable bonds is 12. The second kappa shape index (κ2) is 14.7. The number of Topliss-reactive ketones (excluding diaryl/α,β-unsaturated/α-hetero) is 1. The van der Waals surface area contributed by atoms with Crippen LogP contribution in [0.1, 0.15) is 65.8 Å². The van der Waals surface area contributed by atoms with Crippen molar-refractivity contribution in [3.63, 3.8) is 0 Å². The van der Waals surface area contributed by atoms with Gasteiger partial charge in [0, 0.05) is 31.9 Å². The highest BCUT2D eigenvalue weighted by atomic mass is 127. The first-order valence-corrected chi connectivity index (χ1v) is 15.3. The predicted molar refractivity (Wildman–Crippen MR) is 172 cm³/mol. The Labute approximate surface area is 257 Å². The van der Waals surface area contributed by atoms with Gasteiger partial charge in [0.2, 0.25) is 0 Å². The molecule has 2 aromatic rings. The lowest BCUT2D eigenvalue weighted by atomic mass is 9.98. The van der Waals surface area contributed by atoms with Crippen LogP contribution in [0.25, 0.3) is 16.6 Å². The molecule has 0 saturated carbocycles. The van der Waals surface area contributed by atoms with Gasteiger partial charge in [-0.25, -0.2) is 4.98 Å². The molecule has 0 radical (unpaired) electrons. The predicted octanol–water partition coefficient (Wildman–Crippen LogP) is 5.76. The summed E-state index contributed by atoms with van der Waals surface area (Å²) in [7, 11) is 0. The third kappa shape index (κ3) is 9.33. The highest BCUT2D eigenvalue weighted by Crippen LogP contribution is 2.28. The third-order valence-electron chi connectivity index (χ3n) is 7.05. The number of hydrogen-bond acceptors (Lipinski definition) is 7. The summed E-state index contributed by atoms with van der Waals surface area (Å²) in [5.74, 6) is 0.714. The van der Waals surface area contributed by atoms with E-state index in [1.54, 1.807) is 13.8 Å². The summed E-state index contributed by atoms with van der Waals surface area (Å²) in [6.07, 6.45) is 4.92. The minimum atomic E-state index is -0.912. The van der Waals surface area contributed by atoms with E-state index in [4.69, 9.17) is 14.5 Å². The molecule has 0 spiro atoms. The number of ether oxygens (including phenoxy) is 2. The van der Waals surface area contributed by atoms with Gasteiger partial charge in [-0.1, -0.05) is 39.5 Å². The number of fused-ring (bicyclic) bond motifs is 1. The number of aromatic nitrogens is 2. The standard InChI is InChI=1S/C32H44IN3O5/c1-8-25(15-20(2)29(38)21(3)33)30-35-26-16-24(9-10-27(26)36(30)18-23-11-13-40-14-12-23)17-34-28(22(4)37)31(39)41-19-32(5,6)7/h8-10,15-16,22-23,28,34,37H,3,11-14,17-19H2,1-2,4-7H3/b20-15-,25-8+/t22-,28+/m1/s1. The number of halogens is 1. The molecule has 0 bridgehead atoms. The highest BCUT2D eigenvalue weighted by Gasteiger charge is 2.27. The van der Waals surface area contributed by atoms with Gasteiger partial charge in [-0.05, 0) is 96.9 Å². The summed E-state index contributed by atoms with van der Waals surface area (Å²) in [5.41, 5.74) is 4.07. The van der Waals surface area contributed by atoms with Crippen LogP contribution in [0.2, 0.25) is 0 Å². The number of allylic oxidation sites excluding steroid dienone is 5. The van der Waals surface area contributed by atoms with Crippen LogP contribution in [0.4, 0.5) is 0 Å². The van der Waals surface area contributed by atoms with Crippen LogP contribution in [-0.4, -0.2) is 58.4 Å². The summed E-state index contributed by atoms with van der Waals surface area (Å²) in [4.78, 5) is 30.3. The molecule has 3 rings (SSSR count). The Morgan fingerprint density at radius 1 is 1.32 bits per heavy atom. The van der Waals surface area contributed by atoms with Crippen LogP contribution in [0.5, 0.6) is 0 Å². The van der Waals surface area contributed by atoms with E-state index in [0.29, 0.717) is 21.6 Å². The molecule has 41 heavy (non-hydrogen) atoms. The van der Waals surface area contributed by atoms with Crippen molar-refractivity contribution in [1.29, 1.82) is 0 Å². The van der Waals surface area contributed by atoms with Crippen molar-refractivity contribution in [1.82, 2.24) is 14.9 Å². The number of ketones is 1. The van der Waals surface area contributed by atoms with Crippen molar-refractivity contribution in [2.24, 2.45) is 11.3 Å². The maximum atomic E-state index is 12.7. The third-order valence-corrected chi connectivity index (χ3v) is 7.54. The van der Waals surface area contributed by atoms with Gasteiger partial charge in [-0.2, -0.15) is 0 Å². The summed E-state index contributed by atoms with van der Waals surface area (Å²) in [6.45, 7) is 18.0. The Bertz CT molecular complexity index is 1310. The average Bonchev–Trinajstić information content (AvgIpc) is 3.27. The molecule has 1 aliphatic heterocycles. The number of imidazole rings is 1. The number of benzene rings is 1. The lowest BCUT2D eigenvalue weighted by Crippen LogP contribution is -2.46. The number of nitrogens with zero attached hydrogens (tertiary/aromatic N) is 2. The topological polar surface area (TPSA) is 103 Å². The molecule has 1 fully saturated rings. The first-order valence-electron chi connectivity index (χ1n) is 14.2. The monoisotopic (exact) mass is 677 g/mol. The molecule has 2 atom stereocenters. The van der Waals surface area contributed by atoms with Gasteiger partial charge in [0.05, 0.1) is 27.3 Å². The zero-order chi connectivity index (χ0) is 30.3. The number of aliphatic hydroxyl groups is 1. The SMILES string of the molecule is C=C(I)C(=O)/C(C)=C\C(=C/C)c1nc2cc(CN[C@H](C(=O)OCC(C)(C)C)[C@@H](C)O)ccc2n1CC1CCOCC1. The fraction of sp³-hybridized carbons (Fsp3) is 0.531. The van der Waals surface area contributed by atoms with E-state index in [2.05, 4.69) is 22.5 Å². The number of hydrogen-bond donors (Lipinski definition) is 2. The van der Waals surface area contributed by atoms with E-state index in [1.165, 1.54) is 0 Å². The van der Waals surface area contributed by atoms with Crippen LogP contribution in [0.15, 0.2) is 46.1 Å². The van der Waals surface area contributed by atoms with Crippen LogP contribution in [0.3, 0.4) is 0 Å². The van der Waals surface area contributed by atoms with Crippen molar-refractivity contribution in [3.05, 3.63) is 57.5 Å². The maximum Gasteiger partial charge on any atom is 0.325 e. The van der Waals surface area contributed by atoms with Crippen LogP contribution in [0, 0.1) is 11.3 Å². The largest absolute Gasteiger partial charge is 0.464 e. The molecule has 1 aromatic carbocycles. The summed E-state index contributed by atoms with van der Waals surface area (Å²) in [6, 6.07) is 5.23. The first kappa shape index (κ1) is 33.2. The molecular formula is C32H44IN3O5. The number of nitrogens with one attached hydrogen (secondary N) is 1. The number of aliphatic hydroxyl groups excluding tert-OH is 1. The quantitative estimate of drug-likeness (QED) is 0.128. The first-order chi connectivity index (χ1) is 19.3. The molecule has 8 nitrogen and oxygen atoms in total. The molecule has 0 amide bonds. The molecule has 224 valence electrons. The summed E-state index contributed by atoms with van der Waals surface area (Å²) >= 11 is 1.96. The smallest absolute Gasteiger partial charge is 0.325 e. The van der Waals surface area contributed by atoms with Crippen molar-refractivity contribution in [3.8, 4) is 0 Å².